The second-order valence-electron chi connectivity index (χ2n) is 4.00. The number of amides is 1. The third-order valence-corrected chi connectivity index (χ3v) is 2.81. The van der Waals surface area contributed by atoms with Gasteiger partial charge in [0, 0.05) is 19.0 Å². The summed E-state index contributed by atoms with van der Waals surface area (Å²) in [6.45, 7) is 0.0808. The molecule has 1 aromatic rings. The lowest BCUT2D eigenvalue weighted by Gasteiger charge is -2.15. The molecule has 1 aliphatic rings. The Kier molecular flexibility index (Phi) is 3.50. The molecule has 8 heteroatoms. The van der Waals surface area contributed by atoms with Crippen molar-refractivity contribution in [2.75, 3.05) is 25.7 Å². The zero-order chi connectivity index (χ0) is 14.0. The maximum atomic E-state index is 11.8. The van der Waals surface area contributed by atoms with Gasteiger partial charge in [-0.3, -0.25) is 14.5 Å². The minimum Gasteiger partial charge on any atom is -0.481 e. The van der Waals surface area contributed by atoms with Gasteiger partial charge in [0.15, 0.2) is 0 Å². The number of carbonyl (C=O) groups excluding carboxylic acids is 1. The van der Waals surface area contributed by atoms with Crippen LogP contribution in [0, 0.1) is 5.92 Å². The normalized spacial score (nSPS) is 18.5. The first-order valence-corrected chi connectivity index (χ1v) is 5.55. The molecule has 1 fully saturated rings. The summed E-state index contributed by atoms with van der Waals surface area (Å²) in [4.78, 5) is 32.0. The zero-order valence-electron chi connectivity index (χ0n) is 10.5. The fraction of sp³-hybridized carbons (Fsp3) is 0.455. The Morgan fingerprint density at radius 2 is 2.16 bits per heavy atom. The smallest absolute Gasteiger partial charge is 0.321 e. The second kappa shape index (κ2) is 5.09. The van der Waals surface area contributed by atoms with E-state index in [1.807, 2.05) is 0 Å². The van der Waals surface area contributed by atoms with Crippen molar-refractivity contribution in [3.63, 3.8) is 0 Å². The zero-order valence-corrected chi connectivity index (χ0v) is 10.5. The van der Waals surface area contributed by atoms with Crippen molar-refractivity contribution in [2.45, 2.75) is 6.42 Å². The second-order valence-corrected chi connectivity index (χ2v) is 4.00. The van der Waals surface area contributed by atoms with Gasteiger partial charge in [-0.25, -0.2) is 0 Å². The molecule has 1 aliphatic heterocycles. The standard InChI is InChI=1S/C11H13N3O5/c1-18-8-4-7(12-11(13-8)19-2)14-5-6(10(16)17)3-9(14)15/h4,6H,3,5H2,1-2H3,(H,16,17). The first-order valence-electron chi connectivity index (χ1n) is 5.55. The summed E-state index contributed by atoms with van der Waals surface area (Å²) in [5, 5.41) is 8.94. The maximum Gasteiger partial charge on any atom is 0.321 e. The number of methoxy groups -OCH3 is 2. The molecular formula is C11H13N3O5. The molecule has 1 amide bonds. The van der Waals surface area contributed by atoms with Crippen LogP contribution in [0.15, 0.2) is 6.07 Å². The van der Waals surface area contributed by atoms with Crippen LogP contribution in [-0.4, -0.2) is 47.7 Å². The predicted octanol–water partition coefficient (Wildman–Crippen LogP) is -0.0687. The first kappa shape index (κ1) is 13.1. The fourth-order valence-electron chi connectivity index (χ4n) is 1.82. The number of anilines is 1. The van der Waals surface area contributed by atoms with E-state index in [1.165, 1.54) is 25.2 Å². The Morgan fingerprint density at radius 1 is 1.42 bits per heavy atom. The molecule has 0 aliphatic carbocycles. The Balaban J connectivity index is 2.31. The van der Waals surface area contributed by atoms with Crippen LogP contribution in [0.2, 0.25) is 0 Å². The average molecular weight is 267 g/mol. The summed E-state index contributed by atoms with van der Waals surface area (Å²) >= 11 is 0. The van der Waals surface area contributed by atoms with Gasteiger partial charge >= 0.3 is 12.0 Å². The molecule has 2 heterocycles. The number of nitrogens with zero attached hydrogens (tertiary/aromatic N) is 3. The van der Waals surface area contributed by atoms with Crippen LogP contribution in [-0.2, 0) is 9.59 Å². The number of rotatable bonds is 4. The summed E-state index contributed by atoms with van der Waals surface area (Å²) in [5.74, 6) is -1.50. The third-order valence-electron chi connectivity index (χ3n) is 2.81. The van der Waals surface area contributed by atoms with Gasteiger partial charge in [0.2, 0.25) is 11.8 Å². The van der Waals surface area contributed by atoms with E-state index in [0.717, 1.165) is 0 Å². The third kappa shape index (κ3) is 2.56. The summed E-state index contributed by atoms with van der Waals surface area (Å²) in [6, 6.07) is 1.52. The molecule has 8 nitrogen and oxygen atoms in total. The van der Waals surface area contributed by atoms with Gasteiger partial charge in [-0.2, -0.15) is 9.97 Å². The van der Waals surface area contributed by atoms with E-state index < -0.39 is 11.9 Å². The molecule has 1 unspecified atom stereocenters. The van der Waals surface area contributed by atoms with Crippen LogP contribution in [0.1, 0.15) is 6.42 Å². The van der Waals surface area contributed by atoms with Crippen LogP contribution in [0.5, 0.6) is 11.9 Å². The molecule has 102 valence electrons. The van der Waals surface area contributed by atoms with Crippen molar-refractivity contribution in [3.05, 3.63) is 6.07 Å². The van der Waals surface area contributed by atoms with Crippen LogP contribution in [0.3, 0.4) is 0 Å². The molecule has 1 aromatic heterocycles. The number of hydrogen-bond donors (Lipinski definition) is 1. The van der Waals surface area contributed by atoms with Gasteiger partial charge in [0.25, 0.3) is 0 Å². The molecule has 0 aromatic carbocycles. The SMILES string of the molecule is COc1cc(N2CC(C(=O)O)CC2=O)nc(OC)n1. The van der Waals surface area contributed by atoms with E-state index in [9.17, 15) is 9.59 Å². The molecule has 19 heavy (non-hydrogen) atoms. The maximum absolute atomic E-state index is 11.8. The molecule has 0 spiro atoms. The van der Waals surface area contributed by atoms with E-state index in [-0.39, 0.29) is 36.6 Å². The number of carboxylic acid groups (broad SMARTS) is 1. The Hall–Kier alpha value is -2.38. The minimum atomic E-state index is -0.996. The molecule has 1 N–H and O–H groups in total. The number of aromatic nitrogens is 2. The van der Waals surface area contributed by atoms with E-state index >= 15 is 0 Å². The molecule has 0 saturated carbocycles. The van der Waals surface area contributed by atoms with Gasteiger partial charge < -0.3 is 14.6 Å². The fourth-order valence-corrected chi connectivity index (χ4v) is 1.82. The van der Waals surface area contributed by atoms with Gasteiger partial charge in [-0.05, 0) is 0 Å². The van der Waals surface area contributed by atoms with Crippen molar-refractivity contribution in [1.82, 2.24) is 9.97 Å². The minimum absolute atomic E-state index is 0.0377. The Bertz CT molecular complexity index is 497. The predicted molar refractivity (Wildman–Crippen MR) is 63.2 cm³/mol. The molecule has 2 rings (SSSR count). The number of carbonyl (C=O) groups is 2. The van der Waals surface area contributed by atoms with Crippen molar-refractivity contribution in [2.24, 2.45) is 5.92 Å². The van der Waals surface area contributed by atoms with Crippen molar-refractivity contribution < 1.29 is 24.2 Å². The highest BCUT2D eigenvalue weighted by atomic mass is 16.5. The van der Waals surface area contributed by atoms with E-state index in [0.29, 0.717) is 0 Å². The van der Waals surface area contributed by atoms with Crippen LogP contribution < -0.4 is 14.4 Å². The van der Waals surface area contributed by atoms with E-state index in [4.69, 9.17) is 14.6 Å². The van der Waals surface area contributed by atoms with E-state index in [1.54, 1.807) is 0 Å². The largest absolute Gasteiger partial charge is 0.481 e. The van der Waals surface area contributed by atoms with Gasteiger partial charge in [0.1, 0.15) is 5.82 Å². The molecule has 1 saturated heterocycles. The lowest BCUT2D eigenvalue weighted by molar-refractivity contribution is -0.141. The van der Waals surface area contributed by atoms with Crippen molar-refractivity contribution in [3.8, 4) is 11.9 Å². The highest BCUT2D eigenvalue weighted by Gasteiger charge is 2.36. The monoisotopic (exact) mass is 267 g/mol. The van der Waals surface area contributed by atoms with Crippen molar-refractivity contribution >= 4 is 17.7 Å². The Labute approximate surface area is 109 Å². The van der Waals surface area contributed by atoms with Crippen molar-refractivity contribution in [1.29, 1.82) is 0 Å². The topological polar surface area (TPSA) is 102 Å². The number of ether oxygens (including phenoxy) is 2. The van der Waals surface area contributed by atoms with Gasteiger partial charge in [-0.1, -0.05) is 0 Å². The number of carboxylic acids is 1. The summed E-state index contributed by atoms with van der Waals surface area (Å²) < 4.78 is 9.89. The van der Waals surface area contributed by atoms with Crippen LogP contribution in [0.25, 0.3) is 0 Å². The quantitative estimate of drug-likeness (QED) is 0.814. The number of aliphatic carboxylic acids is 1. The van der Waals surface area contributed by atoms with Gasteiger partial charge in [-0.15, -0.1) is 0 Å². The molecule has 1 atom stereocenters. The van der Waals surface area contributed by atoms with Crippen LogP contribution >= 0.6 is 0 Å². The van der Waals surface area contributed by atoms with E-state index in [2.05, 4.69) is 9.97 Å². The molecular weight excluding hydrogens is 254 g/mol. The van der Waals surface area contributed by atoms with Crippen LogP contribution in [0.4, 0.5) is 5.82 Å². The Morgan fingerprint density at radius 3 is 2.68 bits per heavy atom. The summed E-state index contributed by atoms with van der Waals surface area (Å²) in [6.07, 6.45) is -0.0377. The number of hydrogen-bond acceptors (Lipinski definition) is 6. The van der Waals surface area contributed by atoms with Gasteiger partial charge in [0.05, 0.1) is 20.1 Å². The summed E-state index contributed by atoms with van der Waals surface area (Å²) in [5.41, 5.74) is 0. The lowest BCUT2D eigenvalue weighted by Crippen LogP contribution is -2.27. The lowest BCUT2D eigenvalue weighted by atomic mass is 10.1. The molecule has 0 bridgehead atoms. The summed E-state index contributed by atoms with van der Waals surface area (Å²) in [7, 11) is 2.82. The first-order chi connectivity index (χ1) is 9.05. The molecule has 0 radical (unpaired) electrons. The highest BCUT2D eigenvalue weighted by Crippen LogP contribution is 2.27. The highest BCUT2D eigenvalue weighted by molar-refractivity contribution is 5.98. The average Bonchev–Trinajstić information content (AvgIpc) is 2.80.